The summed E-state index contributed by atoms with van der Waals surface area (Å²) in [7, 11) is 0. The number of fused-ring (bicyclic) bond motifs is 1. The standard InChI is InChI=1S/C14H17NO2/c1-9-4-5-13-12(11(9)3)8-10(2)15(13)7-6-14(16)17/h4-5,8H,6-7H2,1-3H3,(H,16,17). The van der Waals surface area contributed by atoms with Crippen molar-refractivity contribution in [2.45, 2.75) is 33.7 Å². The zero-order valence-corrected chi connectivity index (χ0v) is 10.4. The van der Waals surface area contributed by atoms with Gasteiger partial charge in [0.1, 0.15) is 0 Å². The molecule has 90 valence electrons. The monoisotopic (exact) mass is 231 g/mol. The van der Waals surface area contributed by atoms with Crippen LogP contribution < -0.4 is 0 Å². The number of aromatic nitrogens is 1. The van der Waals surface area contributed by atoms with Crippen molar-refractivity contribution in [1.29, 1.82) is 0 Å². The quantitative estimate of drug-likeness (QED) is 0.882. The zero-order chi connectivity index (χ0) is 12.6. The lowest BCUT2D eigenvalue weighted by atomic mass is 10.1. The average Bonchev–Trinajstić information content (AvgIpc) is 2.58. The molecule has 0 spiro atoms. The molecular weight excluding hydrogens is 214 g/mol. The summed E-state index contributed by atoms with van der Waals surface area (Å²) in [6.07, 6.45) is 0.164. The topological polar surface area (TPSA) is 42.2 Å². The van der Waals surface area contributed by atoms with Crippen LogP contribution in [0.4, 0.5) is 0 Å². The highest BCUT2D eigenvalue weighted by Gasteiger charge is 2.09. The molecule has 0 saturated heterocycles. The van der Waals surface area contributed by atoms with Crippen molar-refractivity contribution in [2.75, 3.05) is 0 Å². The molecule has 0 aliphatic heterocycles. The summed E-state index contributed by atoms with van der Waals surface area (Å²) >= 11 is 0. The van der Waals surface area contributed by atoms with Gasteiger partial charge in [-0.2, -0.15) is 0 Å². The van der Waals surface area contributed by atoms with E-state index >= 15 is 0 Å². The Bertz CT molecular complexity index is 581. The number of carboxylic acids is 1. The molecule has 0 saturated carbocycles. The first kappa shape index (κ1) is 11.7. The number of carboxylic acid groups (broad SMARTS) is 1. The van der Waals surface area contributed by atoms with Gasteiger partial charge < -0.3 is 9.67 Å². The lowest BCUT2D eigenvalue weighted by Gasteiger charge is -2.07. The fraction of sp³-hybridized carbons (Fsp3) is 0.357. The van der Waals surface area contributed by atoms with Crippen LogP contribution in [0.1, 0.15) is 23.2 Å². The van der Waals surface area contributed by atoms with E-state index in [1.807, 2.05) is 6.92 Å². The molecule has 0 aliphatic carbocycles. The van der Waals surface area contributed by atoms with E-state index in [0.29, 0.717) is 6.54 Å². The van der Waals surface area contributed by atoms with Crippen molar-refractivity contribution in [3.8, 4) is 0 Å². The van der Waals surface area contributed by atoms with E-state index in [-0.39, 0.29) is 6.42 Å². The molecule has 1 aromatic heterocycles. The van der Waals surface area contributed by atoms with Gasteiger partial charge in [0.15, 0.2) is 0 Å². The first-order valence-electron chi connectivity index (χ1n) is 5.78. The van der Waals surface area contributed by atoms with Gasteiger partial charge in [0.05, 0.1) is 6.42 Å². The Hall–Kier alpha value is -1.77. The van der Waals surface area contributed by atoms with E-state index in [4.69, 9.17) is 5.11 Å². The van der Waals surface area contributed by atoms with E-state index in [0.717, 1.165) is 11.2 Å². The van der Waals surface area contributed by atoms with Crippen LogP contribution in [0.15, 0.2) is 18.2 Å². The van der Waals surface area contributed by atoms with Gasteiger partial charge in [-0.05, 0) is 44.0 Å². The third-order valence-electron chi connectivity index (χ3n) is 3.38. The minimum absolute atomic E-state index is 0.164. The van der Waals surface area contributed by atoms with Crippen LogP contribution in [-0.2, 0) is 11.3 Å². The van der Waals surface area contributed by atoms with Crippen molar-refractivity contribution < 1.29 is 9.90 Å². The third-order valence-corrected chi connectivity index (χ3v) is 3.38. The normalized spacial score (nSPS) is 11.0. The predicted octanol–water partition coefficient (Wildman–Crippen LogP) is 3.04. The van der Waals surface area contributed by atoms with Crippen LogP contribution in [0.3, 0.4) is 0 Å². The molecule has 17 heavy (non-hydrogen) atoms. The first-order chi connectivity index (χ1) is 8.00. The number of benzene rings is 1. The van der Waals surface area contributed by atoms with Crippen molar-refractivity contribution in [3.05, 3.63) is 35.0 Å². The van der Waals surface area contributed by atoms with E-state index in [2.05, 4.69) is 36.6 Å². The number of aliphatic carboxylic acids is 1. The summed E-state index contributed by atoms with van der Waals surface area (Å²) in [5, 5.41) is 9.99. The summed E-state index contributed by atoms with van der Waals surface area (Å²) in [6, 6.07) is 6.31. The summed E-state index contributed by atoms with van der Waals surface area (Å²) < 4.78 is 2.08. The van der Waals surface area contributed by atoms with E-state index in [1.165, 1.54) is 16.5 Å². The van der Waals surface area contributed by atoms with Crippen LogP contribution in [0.2, 0.25) is 0 Å². The van der Waals surface area contributed by atoms with Crippen LogP contribution in [-0.4, -0.2) is 15.6 Å². The lowest BCUT2D eigenvalue weighted by molar-refractivity contribution is -0.137. The van der Waals surface area contributed by atoms with E-state index in [1.54, 1.807) is 0 Å². The van der Waals surface area contributed by atoms with Crippen LogP contribution >= 0.6 is 0 Å². The Balaban J connectivity index is 2.52. The second kappa shape index (κ2) is 4.24. The Morgan fingerprint density at radius 3 is 2.65 bits per heavy atom. The van der Waals surface area contributed by atoms with Gasteiger partial charge in [-0.1, -0.05) is 6.07 Å². The number of hydrogen-bond donors (Lipinski definition) is 1. The summed E-state index contributed by atoms with van der Waals surface area (Å²) in [5.41, 5.74) is 4.80. The molecule has 1 N–H and O–H groups in total. The van der Waals surface area contributed by atoms with Gasteiger partial charge in [-0.15, -0.1) is 0 Å². The average molecular weight is 231 g/mol. The molecule has 0 bridgehead atoms. The fourth-order valence-electron chi connectivity index (χ4n) is 2.22. The van der Waals surface area contributed by atoms with Gasteiger partial charge in [0.25, 0.3) is 0 Å². The summed E-state index contributed by atoms with van der Waals surface area (Å²) in [6.45, 7) is 6.77. The van der Waals surface area contributed by atoms with Crippen molar-refractivity contribution >= 4 is 16.9 Å². The maximum Gasteiger partial charge on any atom is 0.305 e. The minimum atomic E-state index is -0.755. The second-order valence-electron chi connectivity index (χ2n) is 4.52. The molecule has 0 atom stereocenters. The van der Waals surface area contributed by atoms with Crippen LogP contribution in [0.5, 0.6) is 0 Å². The summed E-state index contributed by atoms with van der Waals surface area (Å²) in [5.74, 6) is -0.755. The number of hydrogen-bond acceptors (Lipinski definition) is 1. The molecule has 2 aromatic rings. The van der Waals surface area contributed by atoms with Gasteiger partial charge in [-0.3, -0.25) is 4.79 Å². The molecule has 0 amide bonds. The third kappa shape index (κ3) is 2.05. The Morgan fingerprint density at radius 1 is 1.29 bits per heavy atom. The molecule has 3 nitrogen and oxygen atoms in total. The van der Waals surface area contributed by atoms with Gasteiger partial charge in [-0.25, -0.2) is 0 Å². The molecule has 0 fully saturated rings. The molecular formula is C14H17NO2. The Labute approximate surface area is 101 Å². The lowest BCUT2D eigenvalue weighted by Crippen LogP contribution is -2.05. The molecule has 1 heterocycles. The first-order valence-corrected chi connectivity index (χ1v) is 5.78. The van der Waals surface area contributed by atoms with E-state index < -0.39 is 5.97 Å². The molecule has 0 aliphatic rings. The van der Waals surface area contributed by atoms with E-state index in [9.17, 15) is 4.79 Å². The van der Waals surface area contributed by atoms with Gasteiger partial charge >= 0.3 is 5.97 Å². The van der Waals surface area contributed by atoms with Crippen molar-refractivity contribution in [2.24, 2.45) is 0 Å². The number of rotatable bonds is 3. The zero-order valence-electron chi connectivity index (χ0n) is 10.4. The molecule has 0 radical (unpaired) electrons. The maximum atomic E-state index is 10.6. The van der Waals surface area contributed by atoms with Crippen LogP contribution in [0.25, 0.3) is 10.9 Å². The Kier molecular flexibility index (Phi) is 2.92. The Morgan fingerprint density at radius 2 is 2.00 bits per heavy atom. The minimum Gasteiger partial charge on any atom is -0.481 e. The molecule has 3 heteroatoms. The predicted molar refractivity (Wildman–Crippen MR) is 68.4 cm³/mol. The van der Waals surface area contributed by atoms with Crippen molar-refractivity contribution in [3.63, 3.8) is 0 Å². The van der Waals surface area contributed by atoms with Crippen molar-refractivity contribution in [1.82, 2.24) is 4.57 Å². The molecule has 0 unspecified atom stereocenters. The van der Waals surface area contributed by atoms with Crippen LogP contribution in [0, 0.1) is 20.8 Å². The number of aryl methyl sites for hydroxylation is 4. The molecule has 2 rings (SSSR count). The highest BCUT2D eigenvalue weighted by molar-refractivity contribution is 5.85. The SMILES string of the molecule is Cc1ccc2c(cc(C)n2CCC(=O)O)c1C. The van der Waals surface area contributed by atoms with Gasteiger partial charge in [0, 0.05) is 23.1 Å². The summed E-state index contributed by atoms with van der Waals surface area (Å²) in [4.78, 5) is 10.6. The second-order valence-corrected chi connectivity index (χ2v) is 4.52. The van der Waals surface area contributed by atoms with Gasteiger partial charge in [0.2, 0.25) is 0 Å². The highest BCUT2D eigenvalue weighted by Crippen LogP contribution is 2.25. The fourth-order valence-corrected chi connectivity index (χ4v) is 2.22. The molecule has 1 aromatic carbocycles. The maximum absolute atomic E-state index is 10.6. The highest BCUT2D eigenvalue weighted by atomic mass is 16.4. The largest absolute Gasteiger partial charge is 0.481 e. The number of nitrogens with zero attached hydrogens (tertiary/aromatic N) is 1. The number of carbonyl (C=O) groups is 1. The smallest absolute Gasteiger partial charge is 0.305 e.